The number of nitrogens with zero attached hydrogens (tertiary/aromatic N) is 1. The SMILES string of the molecule is CC[C@@H](C)NC(=O)[C@@H](C)N(Cc1ccc(Br)cc1)C(=O)COc1ccc(F)cc1. The second kappa shape index (κ2) is 11.0. The van der Waals surface area contributed by atoms with E-state index in [1.165, 1.54) is 29.2 Å². The van der Waals surface area contributed by atoms with Crippen LogP contribution < -0.4 is 10.1 Å². The fraction of sp³-hybridized carbons (Fsp3) is 0.364. The van der Waals surface area contributed by atoms with E-state index >= 15 is 0 Å². The van der Waals surface area contributed by atoms with E-state index in [2.05, 4.69) is 21.2 Å². The van der Waals surface area contributed by atoms with Crippen LogP contribution in [-0.4, -0.2) is 35.4 Å². The van der Waals surface area contributed by atoms with Gasteiger partial charge in [0.2, 0.25) is 5.91 Å². The average molecular weight is 465 g/mol. The molecule has 5 nitrogen and oxygen atoms in total. The minimum Gasteiger partial charge on any atom is -0.484 e. The molecular formula is C22H26BrFN2O3. The molecule has 2 amide bonds. The lowest BCUT2D eigenvalue weighted by Gasteiger charge is -2.29. The Labute approximate surface area is 179 Å². The molecule has 2 aromatic carbocycles. The van der Waals surface area contributed by atoms with Gasteiger partial charge in [-0.05, 0) is 62.2 Å². The molecule has 2 aromatic rings. The molecule has 0 heterocycles. The Kier molecular flexibility index (Phi) is 8.64. The second-order valence-corrected chi connectivity index (χ2v) is 7.80. The molecule has 1 N–H and O–H groups in total. The van der Waals surface area contributed by atoms with Crippen LogP contribution in [-0.2, 0) is 16.1 Å². The van der Waals surface area contributed by atoms with Crippen molar-refractivity contribution in [3.8, 4) is 5.75 Å². The summed E-state index contributed by atoms with van der Waals surface area (Å²) in [7, 11) is 0. The Morgan fingerprint density at radius 1 is 1.10 bits per heavy atom. The Balaban J connectivity index is 2.13. The van der Waals surface area contributed by atoms with Crippen LogP contribution in [0.5, 0.6) is 5.75 Å². The number of hydrogen-bond donors (Lipinski definition) is 1. The summed E-state index contributed by atoms with van der Waals surface area (Å²) in [6.45, 7) is 5.63. The van der Waals surface area contributed by atoms with E-state index < -0.39 is 6.04 Å². The van der Waals surface area contributed by atoms with Crippen LogP contribution >= 0.6 is 15.9 Å². The van der Waals surface area contributed by atoms with Gasteiger partial charge in [0.1, 0.15) is 17.6 Å². The first-order valence-electron chi connectivity index (χ1n) is 9.52. The number of hydrogen-bond acceptors (Lipinski definition) is 3. The van der Waals surface area contributed by atoms with Gasteiger partial charge < -0.3 is 15.0 Å². The number of halogens is 2. The lowest BCUT2D eigenvalue weighted by atomic mass is 10.1. The first kappa shape index (κ1) is 22.9. The van der Waals surface area contributed by atoms with Crippen molar-refractivity contribution in [1.82, 2.24) is 10.2 Å². The molecule has 29 heavy (non-hydrogen) atoms. The molecule has 0 saturated heterocycles. The Morgan fingerprint density at radius 3 is 2.31 bits per heavy atom. The number of nitrogens with one attached hydrogen (secondary N) is 1. The van der Waals surface area contributed by atoms with Gasteiger partial charge in [0, 0.05) is 17.1 Å². The van der Waals surface area contributed by atoms with Crippen LogP contribution in [0.1, 0.15) is 32.8 Å². The maximum atomic E-state index is 13.0. The topological polar surface area (TPSA) is 58.6 Å². The smallest absolute Gasteiger partial charge is 0.261 e. The first-order valence-corrected chi connectivity index (χ1v) is 10.3. The third kappa shape index (κ3) is 7.16. The number of benzene rings is 2. The molecule has 156 valence electrons. The lowest BCUT2D eigenvalue weighted by Crippen LogP contribution is -2.50. The molecule has 0 aliphatic carbocycles. The molecule has 0 aliphatic rings. The van der Waals surface area contributed by atoms with Crippen LogP contribution in [0.4, 0.5) is 4.39 Å². The second-order valence-electron chi connectivity index (χ2n) is 6.88. The molecule has 2 rings (SSSR count). The van der Waals surface area contributed by atoms with Gasteiger partial charge in [-0.2, -0.15) is 0 Å². The van der Waals surface area contributed by atoms with Crippen molar-refractivity contribution in [2.45, 2.75) is 45.8 Å². The first-order chi connectivity index (χ1) is 13.8. The van der Waals surface area contributed by atoms with Crippen molar-refractivity contribution < 1.29 is 18.7 Å². The molecule has 0 aromatic heterocycles. The van der Waals surface area contributed by atoms with E-state index in [0.29, 0.717) is 5.75 Å². The Bertz CT molecular complexity index is 812. The molecule has 2 atom stereocenters. The van der Waals surface area contributed by atoms with Gasteiger partial charge in [-0.3, -0.25) is 9.59 Å². The Morgan fingerprint density at radius 2 is 1.72 bits per heavy atom. The van der Waals surface area contributed by atoms with Crippen LogP contribution in [0.25, 0.3) is 0 Å². The van der Waals surface area contributed by atoms with Gasteiger partial charge in [-0.15, -0.1) is 0 Å². The van der Waals surface area contributed by atoms with Gasteiger partial charge in [-0.25, -0.2) is 4.39 Å². The number of ether oxygens (including phenoxy) is 1. The third-order valence-electron chi connectivity index (χ3n) is 4.61. The third-order valence-corrected chi connectivity index (χ3v) is 5.14. The van der Waals surface area contributed by atoms with E-state index in [-0.39, 0.29) is 36.8 Å². The van der Waals surface area contributed by atoms with Crippen molar-refractivity contribution in [2.75, 3.05) is 6.61 Å². The van der Waals surface area contributed by atoms with E-state index in [0.717, 1.165) is 16.5 Å². The van der Waals surface area contributed by atoms with Gasteiger partial charge in [-0.1, -0.05) is 35.0 Å². The maximum Gasteiger partial charge on any atom is 0.261 e. The summed E-state index contributed by atoms with van der Waals surface area (Å²) in [5.74, 6) is -0.536. The minimum atomic E-state index is -0.669. The van der Waals surface area contributed by atoms with E-state index in [9.17, 15) is 14.0 Å². The molecule has 7 heteroatoms. The predicted molar refractivity (Wildman–Crippen MR) is 114 cm³/mol. The molecule has 0 saturated carbocycles. The van der Waals surface area contributed by atoms with Crippen LogP contribution in [0.15, 0.2) is 53.0 Å². The van der Waals surface area contributed by atoms with E-state index in [1.807, 2.05) is 38.1 Å². The largest absolute Gasteiger partial charge is 0.484 e. The normalized spacial score (nSPS) is 12.7. The van der Waals surface area contributed by atoms with Gasteiger partial charge in [0.25, 0.3) is 5.91 Å². The zero-order valence-electron chi connectivity index (χ0n) is 16.8. The summed E-state index contributed by atoms with van der Waals surface area (Å²) in [5.41, 5.74) is 0.895. The molecule has 0 bridgehead atoms. The highest BCUT2D eigenvalue weighted by Gasteiger charge is 2.27. The van der Waals surface area contributed by atoms with Gasteiger partial charge in [0.15, 0.2) is 6.61 Å². The fourth-order valence-electron chi connectivity index (χ4n) is 2.59. The van der Waals surface area contributed by atoms with Crippen molar-refractivity contribution in [2.24, 2.45) is 0 Å². The summed E-state index contributed by atoms with van der Waals surface area (Å²) in [6.07, 6.45) is 0.798. The molecule has 0 fully saturated rings. The average Bonchev–Trinajstić information content (AvgIpc) is 2.72. The predicted octanol–water partition coefficient (Wildman–Crippen LogP) is 4.30. The van der Waals surface area contributed by atoms with Crippen molar-refractivity contribution in [3.05, 3.63) is 64.4 Å². The van der Waals surface area contributed by atoms with Crippen LogP contribution in [0.3, 0.4) is 0 Å². The van der Waals surface area contributed by atoms with Crippen molar-refractivity contribution in [3.63, 3.8) is 0 Å². The summed E-state index contributed by atoms with van der Waals surface area (Å²) in [5, 5.41) is 2.92. The summed E-state index contributed by atoms with van der Waals surface area (Å²) in [4.78, 5) is 27.0. The summed E-state index contributed by atoms with van der Waals surface area (Å²) >= 11 is 3.39. The number of amides is 2. The molecular weight excluding hydrogens is 439 g/mol. The summed E-state index contributed by atoms with van der Waals surface area (Å²) < 4.78 is 19.5. The van der Waals surface area contributed by atoms with E-state index in [4.69, 9.17) is 4.74 Å². The zero-order chi connectivity index (χ0) is 21.4. The highest BCUT2D eigenvalue weighted by molar-refractivity contribution is 9.10. The molecule has 0 unspecified atom stereocenters. The Hall–Kier alpha value is -2.41. The van der Waals surface area contributed by atoms with Crippen molar-refractivity contribution in [1.29, 1.82) is 0 Å². The monoisotopic (exact) mass is 464 g/mol. The summed E-state index contributed by atoms with van der Waals surface area (Å²) in [6, 6.07) is 12.4. The quantitative estimate of drug-likeness (QED) is 0.601. The fourth-order valence-corrected chi connectivity index (χ4v) is 2.86. The molecule has 0 aliphatic heterocycles. The van der Waals surface area contributed by atoms with Gasteiger partial charge in [0.05, 0.1) is 0 Å². The highest BCUT2D eigenvalue weighted by atomic mass is 79.9. The maximum absolute atomic E-state index is 13.0. The van der Waals surface area contributed by atoms with Crippen LogP contribution in [0.2, 0.25) is 0 Å². The standard InChI is InChI=1S/C22H26BrFN2O3/c1-4-15(2)25-22(28)16(3)26(13-17-5-7-18(23)8-6-17)21(27)14-29-20-11-9-19(24)10-12-20/h5-12,15-16H,4,13-14H2,1-3H3,(H,25,28)/t15-,16-/m1/s1. The highest BCUT2D eigenvalue weighted by Crippen LogP contribution is 2.16. The number of carbonyl (C=O) groups excluding carboxylic acids is 2. The number of rotatable bonds is 9. The van der Waals surface area contributed by atoms with Crippen molar-refractivity contribution >= 4 is 27.7 Å². The van der Waals surface area contributed by atoms with Gasteiger partial charge >= 0.3 is 0 Å². The molecule has 0 radical (unpaired) electrons. The lowest BCUT2D eigenvalue weighted by molar-refractivity contribution is -0.142. The van der Waals surface area contributed by atoms with Crippen LogP contribution in [0, 0.1) is 5.82 Å². The minimum absolute atomic E-state index is 0.0186. The van der Waals surface area contributed by atoms with E-state index in [1.54, 1.807) is 6.92 Å². The zero-order valence-corrected chi connectivity index (χ0v) is 18.4. The molecule has 0 spiro atoms. The number of carbonyl (C=O) groups is 2.